The van der Waals surface area contributed by atoms with Gasteiger partial charge in [-0.2, -0.15) is 0 Å². The van der Waals surface area contributed by atoms with E-state index < -0.39 is 21.7 Å². The lowest BCUT2D eigenvalue weighted by Gasteiger charge is -2.18. The van der Waals surface area contributed by atoms with Gasteiger partial charge in [-0.3, -0.25) is 4.72 Å². The molecule has 0 spiro atoms. The summed E-state index contributed by atoms with van der Waals surface area (Å²) in [6.45, 7) is 0.609. The standard InChI is InChI=1S/C15H13F2NO3S/c16-11-3-5-14(13(17)9-11)18-22(19,20)12-4-6-15-10(8-12)2-1-7-21-15/h3-6,8-9,18H,1-2,7H2. The number of aryl methyl sites for hydroxylation is 1. The molecule has 3 rings (SSSR count). The Morgan fingerprint density at radius 3 is 2.68 bits per heavy atom. The summed E-state index contributed by atoms with van der Waals surface area (Å²) in [7, 11) is -3.95. The maximum Gasteiger partial charge on any atom is 0.262 e. The maximum atomic E-state index is 13.6. The van der Waals surface area contributed by atoms with Crippen LogP contribution >= 0.6 is 0 Å². The number of fused-ring (bicyclic) bond motifs is 1. The SMILES string of the molecule is O=S(=O)(Nc1ccc(F)cc1F)c1ccc2c(c1)CCCO2. The van der Waals surface area contributed by atoms with Crippen LogP contribution in [-0.4, -0.2) is 15.0 Å². The van der Waals surface area contributed by atoms with Crippen molar-refractivity contribution in [1.29, 1.82) is 0 Å². The van der Waals surface area contributed by atoms with Crippen LogP contribution in [0.2, 0.25) is 0 Å². The highest BCUT2D eigenvalue weighted by molar-refractivity contribution is 7.92. The molecule has 0 atom stereocenters. The van der Waals surface area contributed by atoms with Crippen LogP contribution in [0.15, 0.2) is 41.3 Å². The third kappa shape index (κ3) is 2.89. The number of nitrogens with one attached hydrogen (secondary N) is 1. The Kier molecular flexibility index (Phi) is 3.74. The number of hydrogen-bond donors (Lipinski definition) is 1. The van der Waals surface area contributed by atoms with Crippen molar-refractivity contribution in [3.8, 4) is 5.75 Å². The second-order valence-electron chi connectivity index (χ2n) is 4.95. The first-order chi connectivity index (χ1) is 10.5. The normalized spacial score (nSPS) is 14.1. The van der Waals surface area contributed by atoms with Crippen LogP contribution in [0.25, 0.3) is 0 Å². The molecular formula is C15H13F2NO3S. The lowest BCUT2D eigenvalue weighted by molar-refractivity contribution is 0.288. The highest BCUT2D eigenvalue weighted by Gasteiger charge is 2.20. The molecule has 0 fully saturated rings. The third-order valence-corrected chi connectivity index (χ3v) is 4.73. The van der Waals surface area contributed by atoms with Crippen LogP contribution < -0.4 is 9.46 Å². The van der Waals surface area contributed by atoms with Gasteiger partial charge in [0.2, 0.25) is 0 Å². The molecule has 2 aromatic rings. The summed E-state index contributed by atoms with van der Waals surface area (Å²) in [4.78, 5) is 0.0143. The van der Waals surface area contributed by atoms with Gasteiger partial charge in [0, 0.05) is 6.07 Å². The molecule has 1 N–H and O–H groups in total. The van der Waals surface area contributed by atoms with Gasteiger partial charge in [-0.25, -0.2) is 17.2 Å². The Bertz CT molecular complexity index is 822. The van der Waals surface area contributed by atoms with E-state index in [1.54, 1.807) is 6.07 Å². The van der Waals surface area contributed by atoms with E-state index in [0.29, 0.717) is 18.4 Å². The zero-order chi connectivity index (χ0) is 15.7. The van der Waals surface area contributed by atoms with Crippen LogP contribution in [-0.2, 0) is 16.4 Å². The van der Waals surface area contributed by atoms with Gasteiger partial charge >= 0.3 is 0 Å². The molecule has 4 nitrogen and oxygen atoms in total. The van der Waals surface area contributed by atoms with Crippen molar-refractivity contribution in [2.24, 2.45) is 0 Å². The van der Waals surface area contributed by atoms with Crippen LogP contribution in [0, 0.1) is 11.6 Å². The minimum absolute atomic E-state index is 0.0143. The first kappa shape index (κ1) is 14.8. The Labute approximate surface area is 126 Å². The van der Waals surface area contributed by atoms with Crippen molar-refractivity contribution in [3.05, 3.63) is 53.6 Å². The molecule has 116 valence electrons. The molecule has 22 heavy (non-hydrogen) atoms. The molecule has 0 amide bonds. The van der Waals surface area contributed by atoms with Crippen LogP contribution in [0.5, 0.6) is 5.75 Å². The average Bonchev–Trinajstić information content (AvgIpc) is 2.49. The Balaban J connectivity index is 1.92. The molecule has 0 aromatic heterocycles. The molecular weight excluding hydrogens is 312 g/mol. The van der Waals surface area contributed by atoms with E-state index in [1.807, 2.05) is 0 Å². The number of hydrogen-bond acceptors (Lipinski definition) is 3. The Morgan fingerprint density at radius 1 is 1.09 bits per heavy atom. The smallest absolute Gasteiger partial charge is 0.262 e. The molecule has 2 aromatic carbocycles. The summed E-state index contributed by atoms with van der Waals surface area (Å²) in [5, 5.41) is 0. The number of sulfonamides is 1. The van der Waals surface area contributed by atoms with E-state index >= 15 is 0 Å². The summed E-state index contributed by atoms with van der Waals surface area (Å²) in [6, 6.07) is 7.15. The van der Waals surface area contributed by atoms with Gasteiger partial charge in [0.25, 0.3) is 10.0 Å². The fourth-order valence-corrected chi connectivity index (χ4v) is 3.40. The van der Waals surface area contributed by atoms with Gasteiger partial charge in [-0.05, 0) is 48.7 Å². The molecule has 0 radical (unpaired) electrons. The second-order valence-corrected chi connectivity index (χ2v) is 6.63. The van der Waals surface area contributed by atoms with Gasteiger partial charge in [0.15, 0.2) is 0 Å². The fourth-order valence-electron chi connectivity index (χ4n) is 2.28. The molecule has 0 bridgehead atoms. The van der Waals surface area contributed by atoms with Gasteiger partial charge in [0.1, 0.15) is 17.4 Å². The zero-order valence-electron chi connectivity index (χ0n) is 11.5. The molecule has 1 aliphatic rings. The fraction of sp³-hybridized carbons (Fsp3) is 0.200. The molecule has 1 aliphatic heterocycles. The van der Waals surface area contributed by atoms with Crippen molar-refractivity contribution < 1.29 is 21.9 Å². The summed E-state index contributed by atoms with van der Waals surface area (Å²) in [5.41, 5.74) is 0.504. The minimum Gasteiger partial charge on any atom is -0.493 e. The second kappa shape index (κ2) is 5.57. The number of anilines is 1. The molecule has 0 aliphatic carbocycles. The number of ether oxygens (including phenoxy) is 1. The van der Waals surface area contributed by atoms with Crippen molar-refractivity contribution in [2.75, 3.05) is 11.3 Å². The minimum atomic E-state index is -3.95. The molecule has 0 saturated carbocycles. The molecule has 7 heteroatoms. The van der Waals surface area contributed by atoms with Crippen LogP contribution in [0.1, 0.15) is 12.0 Å². The van der Waals surface area contributed by atoms with Gasteiger partial charge in [0.05, 0.1) is 17.2 Å². The number of benzene rings is 2. The summed E-state index contributed by atoms with van der Waals surface area (Å²) < 4.78 is 58.6. The summed E-state index contributed by atoms with van der Waals surface area (Å²) >= 11 is 0. The monoisotopic (exact) mass is 325 g/mol. The Hall–Kier alpha value is -2.15. The Morgan fingerprint density at radius 2 is 1.91 bits per heavy atom. The third-order valence-electron chi connectivity index (χ3n) is 3.37. The first-order valence-electron chi connectivity index (χ1n) is 6.69. The number of halogens is 2. The van der Waals surface area contributed by atoms with E-state index in [4.69, 9.17) is 4.74 Å². The van der Waals surface area contributed by atoms with E-state index in [0.717, 1.165) is 30.5 Å². The molecule has 0 saturated heterocycles. The largest absolute Gasteiger partial charge is 0.493 e. The van der Waals surface area contributed by atoms with Gasteiger partial charge < -0.3 is 4.74 Å². The first-order valence-corrected chi connectivity index (χ1v) is 8.18. The van der Waals surface area contributed by atoms with Crippen LogP contribution in [0.3, 0.4) is 0 Å². The highest BCUT2D eigenvalue weighted by atomic mass is 32.2. The highest BCUT2D eigenvalue weighted by Crippen LogP contribution is 2.28. The number of rotatable bonds is 3. The van der Waals surface area contributed by atoms with Crippen LogP contribution in [0.4, 0.5) is 14.5 Å². The topological polar surface area (TPSA) is 55.4 Å². The summed E-state index contributed by atoms with van der Waals surface area (Å²) in [5.74, 6) is -1.07. The molecule has 1 heterocycles. The maximum absolute atomic E-state index is 13.6. The lowest BCUT2D eigenvalue weighted by Crippen LogP contribution is -2.15. The van der Waals surface area contributed by atoms with Crippen molar-refractivity contribution >= 4 is 15.7 Å². The van der Waals surface area contributed by atoms with Crippen molar-refractivity contribution in [3.63, 3.8) is 0 Å². The van der Waals surface area contributed by atoms with Crippen molar-refractivity contribution in [2.45, 2.75) is 17.7 Å². The van der Waals surface area contributed by atoms with E-state index in [-0.39, 0.29) is 10.6 Å². The quantitative estimate of drug-likeness (QED) is 0.943. The predicted octanol–water partition coefficient (Wildman–Crippen LogP) is 3.09. The predicted molar refractivity (Wildman–Crippen MR) is 77.4 cm³/mol. The van der Waals surface area contributed by atoms with E-state index in [2.05, 4.69) is 4.72 Å². The average molecular weight is 325 g/mol. The van der Waals surface area contributed by atoms with E-state index in [9.17, 15) is 17.2 Å². The van der Waals surface area contributed by atoms with E-state index in [1.165, 1.54) is 12.1 Å². The summed E-state index contributed by atoms with van der Waals surface area (Å²) in [6.07, 6.45) is 1.54. The van der Waals surface area contributed by atoms with Gasteiger partial charge in [-0.15, -0.1) is 0 Å². The zero-order valence-corrected chi connectivity index (χ0v) is 12.3. The van der Waals surface area contributed by atoms with Crippen molar-refractivity contribution in [1.82, 2.24) is 0 Å². The van der Waals surface area contributed by atoms with Gasteiger partial charge in [-0.1, -0.05) is 0 Å². The molecule has 0 unspecified atom stereocenters. The lowest BCUT2D eigenvalue weighted by atomic mass is 10.1.